The van der Waals surface area contributed by atoms with Crippen LogP contribution in [0.15, 0.2) is 0 Å². The molecule has 0 aromatic carbocycles. The van der Waals surface area contributed by atoms with E-state index in [1.54, 1.807) is 0 Å². The van der Waals surface area contributed by atoms with E-state index in [4.69, 9.17) is 21.1 Å². The fraction of sp³-hybridized carbons (Fsp3) is 1.00. The van der Waals surface area contributed by atoms with Gasteiger partial charge in [0, 0.05) is 25.0 Å². The third-order valence-electron chi connectivity index (χ3n) is 2.80. The number of hydrogen-bond donors (Lipinski definition) is 0. The molecule has 1 aliphatic rings. The molecule has 0 radical (unpaired) electrons. The maximum Gasteiger partial charge on any atom is 0.0674 e. The second-order valence-electron chi connectivity index (χ2n) is 4.00. The Balaban J connectivity index is 2.22. The summed E-state index contributed by atoms with van der Waals surface area (Å²) in [6.45, 7) is 8.61. The molecule has 1 rings (SSSR count). The summed E-state index contributed by atoms with van der Waals surface area (Å²) in [4.78, 5) is 2.46. The minimum Gasteiger partial charge on any atom is -0.379 e. The van der Waals surface area contributed by atoms with Crippen molar-refractivity contribution in [2.45, 2.75) is 32.4 Å². The zero-order valence-corrected chi connectivity index (χ0v) is 10.5. The molecule has 1 saturated heterocycles. The first-order valence-corrected chi connectivity index (χ1v) is 6.30. The highest BCUT2D eigenvalue weighted by Gasteiger charge is 2.24. The van der Waals surface area contributed by atoms with Crippen molar-refractivity contribution < 1.29 is 9.47 Å². The second-order valence-corrected chi connectivity index (χ2v) is 4.38. The molecule has 0 bridgehead atoms. The van der Waals surface area contributed by atoms with Crippen LogP contribution < -0.4 is 0 Å². The molecule has 0 saturated carbocycles. The van der Waals surface area contributed by atoms with Gasteiger partial charge in [0.05, 0.1) is 25.9 Å². The number of alkyl halides is 1. The van der Waals surface area contributed by atoms with Crippen LogP contribution in [-0.2, 0) is 9.47 Å². The minimum atomic E-state index is 0.348. The van der Waals surface area contributed by atoms with Crippen molar-refractivity contribution in [3.05, 3.63) is 0 Å². The van der Waals surface area contributed by atoms with Gasteiger partial charge in [0.15, 0.2) is 0 Å². The Kier molecular flexibility index (Phi) is 6.57. The van der Waals surface area contributed by atoms with Gasteiger partial charge in [0.2, 0.25) is 0 Å². The number of morpholine rings is 1. The molecule has 1 aliphatic heterocycles. The topological polar surface area (TPSA) is 21.7 Å². The zero-order valence-electron chi connectivity index (χ0n) is 9.75. The molecular formula is C11H22ClNO2. The standard InChI is InChI=1S/C11H22ClNO2/c1-3-11-9-15-10(2)8-13(11)5-7-14-6-4-12/h10-11H,3-9H2,1-2H3. The van der Waals surface area contributed by atoms with Crippen LogP contribution in [0.5, 0.6) is 0 Å². The van der Waals surface area contributed by atoms with Crippen LogP contribution in [0.2, 0.25) is 0 Å². The second kappa shape index (κ2) is 7.44. The van der Waals surface area contributed by atoms with Gasteiger partial charge in [-0.25, -0.2) is 0 Å². The average molecular weight is 236 g/mol. The molecule has 1 fully saturated rings. The molecule has 3 nitrogen and oxygen atoms in total. The third-order valence-corrected chi connectivity index (χ3v) is 2.95. The molecule has 1 heterocycles. The monoisotopic (exact) mass is 235 g/mol. The maximum absolute atomic E-state index is 5.64. The fourth-order valence-corrected chi connectivity index (χ4v) is 2.01. The normalized spacial score (nSPS) is 28.2. The van der Waals surface area contributed by atoms with Crippen LogP contribution in [0.3, 0.4) is 0 Å². The van der Waals surface area contributed by atoms with Crippen LogP contribution in [0.1, 0.15) is 20.3 Å². The van der Waals surface area contributed by atoms with E-state index in [0.29, 0.717) is 24.6 Å². The molecule has 0 aromatic rings. The lowest BCUT2D eigenvalue weighted by Crippen LogP contribution is -2.49. The summed E-state index contributed by atoms with van der Waals surface area (Å²) >= 11 is 5.54. The quantitative estimate of drug-likeness (QED) is 0.517. The molecule has 0 aromatic heterocycles. The van der Waals surface area contributed by atoms with Gasteiger partial charge in [-0.2, -0.15) is 0 Å². The molecule has 90 valence electrons. The van der Waals surface area contributed by atoms with Gasteiger partial charge >= 0.3 is 0 Å². The largest absolute Gasteiger partial charge is 0.379 e. The van der Waals surface area contributed by atoms with Gasteiger partial charge in [0.1, 0.15) is 0 Å². The molecule has 0 aliphatic carbocycles. The number of hydrogen-bond acceptors (Lipinski definition) is 3. The van der Waals surface area contributed by atoms with Crippen molar-refractivity contribution in [2.75, 3.05) is 38.8 Å². The Morgan fingerprint density at radius 2 is 2.27 bits per heavy atom. The van der Waals surface area contributed by atoms with E-state index in [1.807, 2.05) is 0 Å². The predicted octanol–water partition coefficient (Wildman–Crippen LogP) is 1.74. The Morgan fingerprint density at radius 1 is 1.47 bits per heavy atom. The molecule has 0 amide bonds. The van der Waals surface area contributed by atoms with Gasteiger partial charge < -0.3 is 9.47 Å². The van der Waals surface area contributed by atoms with Crippen LogP contribution in [0.25, 0.3) is 0 Å². The molecule has 2 atom stereocenters. The zero-order chi connectivity index (χ0) is 11.1. The third kappa shape index (κ3) is 4.68. The minimum absolute atomic E-state index is 0.348. The van der Waals surface area contributed by atoms with E-state index < -0.39 is 0 Å². The van der Waals surface area contributed by atoms with Crippen LogP contribution in [0, 0.1) is 0 Å². The number of ether oxygens (including phenoxy) is 2. The molecule has 15 heavy (non-hydrogen) atoms. The summed E-state index contributed by atoms with van der Waals surface area (Å²) in [5.41, 5.74) is 0. The Hall–Kier alpha value is 0.170. The lowest BCUT2D eigenvalue weighted by Gasteiger charge is -2.38. The average Bonchev–Trinajstić information content (AvgIpc) is 2.25. The van der Waals surface area contributed by atoms with E-state index in [0.717, 1.165) is 32.7 Å². The predicted molar refractivity (Wildman–Crippen MR) is 62.6 cm³/mol. The highest BCUT2D eigenvalue weighted by Crippen LogP contribution is 2.13. The summed E-state index contributed by atoms with van der Waals surface area (Å²) in [6.07, 6.45) is 1.49. The maximum atomic E-state index is 5.64. The van der Waals surface area contributed by atoms with Gasteiger partial charge in [0.25, 0.3) is 0 Å². The highest BCUT2D eigenvalue weighted by molar-refractivity contribution is 6.17. The van der Waals surface area contributed by atoms with Gasteiger partial charge in [-0.3, -0.25) is 4.90 Å². The summed E-state index contributed by atoms with van der Waals surface area (Å²) < 4.78 is 11.0. The van der Waals surface area contributed by atoms with Gasteiger partial charge in [-0.1, -0.05) is 6.92 Å². The van der Waals surface area contributed by atoms with Crippen molar-refractivity contribution in [1.29, 1.82) is 0 Å². The first kappa shape index (κ1) is 13.2. The Labute approximate surface area is 97.7 Å². The van der Waals surface area contributed by atoms with Crippen LogP contribution in [-0.4, -0.2) is 55.8 Å². The van der Waals surface area contributed by atoms with Crippen molar-refractivity contribution in [2.24, 2.45) is 0 Å². The SMILES string of the molecule is CCC1COC(C)CN1CCOCCCl. The summed E-state index contributed by atoms with van der Waals surface area (Å²) in [7, 11) is 0. The van der Waals surface area contributed by atoms with Crippen molar-refractivity contribution in [1.82, 2.24) is 4.90 Å². The van der Waals surface area contributed by atoms with Crippen LogP contribution in [0.4, 0.5) is 0 Å². The lowest BCUT2D eigenvalue weighted by atomic mass is 10.1. The van der Waals surface area contributed by atoms with Crippen LogP contribution >= 0.6 is 11.6 Å². The molecular weight excluding hydrogens is 214 g/mol. The number of halogens is 1. The van der Waals surface area contributed by atoms with Crippen molar-refractivity contribution >= 4 is 11.6 Å². The summed E-state index contributed by atoms with van der Waals surface area (Å²) in [5.74, 6) is 0.580. The number of nitrogens with zero attached hydrogens (tertiary/aromatic N) is 1. The summed E-state index contributed by atoms with van der Waals surface area (Å²) in [6, 6.07) is 0.556. The van der Waals surface area contributed by atoms with Gasteiger partial charge in [-0.15, -0.1) is 11.6 Å². The van der Waals surface area contributed by atoms with Gasteiger partial charge in [-0.05, 0) is 13.3 Å². The fourth-order valence-electron chi connectivity index (χ4n) is 1.90. The van der Waals surface area contributed by atoms with Crippen molar-refractivity contribution in [3.8, 4) is 0 Å². The van der Waals surface area contributed by atoms with E-state index >= 15 is 0 Å². The Bertz CT molecular complexity index is 169. The van der Waals surface area contributed by atoms with E-state index in [2.05, 4.69) is 18.7 Å². The Morgan fingerprint density at radius 3 is 2.93 bits per heavy atom. The highest BCUT2D eigenvalue weighted by atomic mass is 35.5. The number of rotatable bonds is 6. The van der Waals surface area contributed by atoms with E-state index in [1.165, 1.54) is 0 Å². The molecule has 0 spiro atoms. The smallest absolute Gasteiger partial charge is 0.0674 e. The first-order valence-electron chi connectivity index (χ1n) is 5.77. The summed E-state index contributed by atoms with van der Waals surface area (Å²) in [5, 5.41) is 0. The molecule has 0 N–H and O–H groups in total. The van der Waals surface area contributed by atoms with E-state index in [9.17, 15) is 0 Å². The first-order chi connectivity index (χ1) is 7.27. The molecule has 2 unspecified atom stereocenters. The van der Waals surface area contributed by atoms with Crippen molar-refractivity contribution in [3.63, 3.8) is 0 Å². The molecule has 4 heteroatoms. The van der Waals surface area contributed by atoms with E-state index in [-0.39, 0.29) is 0 Å². The lowest BCUT2D eigenvalue weighted by molar-refractivity contribution is -0.0626.